The van der Waals surface area contributed by atoms with E-state index in [1.54, 1.807) is 14.1 Å². The molecule has 24 heavy (non-hydrogen) atoms. The van der Waals surface area contributed by atoms with Crippen molar-refractivity contribution in [3.8, 4) is 0 Å². The Kier molecular flexibility index (Phi) is 5.30. The van der Waals surface area contributed by atoms with Crippen LogP contribution in [-0.2, 0) is 6.18 Å². The first-order valence-electron chi connectivity index (χ1n) is 6.74. The lowest BCUT2D eigenvalue weighted by Gasteiger charge is -2.19. The second-order valence-electron chi connectivity index (χ2n) is 5.20. The number of halogens is 5. The highest BCUT2D eigenvalue weighted by molar-refractivity contribution is 6.36. The summed E-state index contributed by atoms with van der Waals surface area (Å²) >= 11 is 11.7. The molecule has 0 atom stereocenters. The minimum atomic E-state index is -4.62. The van der Waals surface area contributed by atoms with E-state index in [-0.39, 0.29) is 21.3 Å². The Morgan fingerprint density at radius 2 is 1.75 bits per heavy atom. The molecule has 0 spiro atoms. The molecule has 0 bridgehead atoms. The Labute approximate surface area is 147 Å². The molecule has 0 saturated heterocycles. The molecule has 0 aromatic heterocycles. The number of benzene rings is 2. The van der Waals surface area contributed by atoms with Gasteiger partial charge in [-0.05, 0) is 36.4 Å². The molecule has 3 nitrogen and oxygen atoms in total. The summed E-state index contributed by atoms with van der Waals surface area (Å²) in [6, 6.07) is 7.82. The number of carbonyl (C=O) groups excluding carboxylic acids is 1. The van der Waals surface area contributed by atoms with Crippen molar-refractivity contribution < 1.29 is 18.0 Å². The average Bonchev–Trinajstić information content (AvgIpc) is 2.48. The minimum Gasteiger partial charge on any atom is -0.378 e. The molecule has 8 heteroatoms. The number of carbonyl (C=O) groups is 1. The van der Waals surface area contributed by atoms with Crippen LogP contribution >= 0.6 is 23.2 Å². The zero-order chi connectivity index (χ0) is 18.1. The van der Waals surface area contributed by atoms with E-state index in [2.05, 4.69) is 5.32 Å². The Balaban J connectivity index is 2.42. The zero-order valence-electron chi connectivity index (χ0n) is 12.7. The molecular weight excluding hydrogens is 364 g/mol. The van der Waals surface area contributed by atoms with Gasteiger partial charge in [-0.1, -0.05) is 23.2 Å². The van der Waals surface area contributed by atoms with Crippen LogP contribution in [0.5, 0.6) is 0 Å². The maximum Gasteiger partial charge on any atom is 0.418 e. The minimum absolute atomic E-state index is 0.00558. The van der Waals surface area contributed by atoms with Crippen LogP contribution in [0.15, 0.2) is 36.4 Å². The monoisotopic (exact) mass is 376 g/mol. The van der Waals surface area contributed by atoms with E-state index in [9.17, 15) is 18.0 Å². The summed E-state index contributed by atoms with van der Waals surface area (Å²) in [5, 5.41) is 2.59. The number of amides is 1. The number of nitrogens with zero attached hydrogens (tertiary/aromatic N) is 1. The van der Waals surface area contributed by atoms with E-state index >= 15 is 0 Å². The normalized spacial score (nSPS) is 11.3. The molecule has 0 aliphatic rings. The third-order valence-electron chi connectivity index (χ3n) is 3.25. The van der Waals surface area contributed by atoms with Gasteiger partial charge in [0.15, 0.2) is 0 Å². The molecule has 0 unspecified atom stereocenters. The fourth-order valence-electron chi connectivity index (χ4n) is 2.02. The number of hydrogen-bond acceptors (Lipinski definition) is 2. The van der Waals surface area contributed by atoms with E-state index in [4.69, 9.17) is 23.2 Å². The number of alkyl halides is 3. The number of nitrogens with one attached hydrogen (secondary N) is 1. The molecular formula is C16H13Cl2F3N2O. The van der Waals surface area contributed by atoms with Crippen LogP contribution in [0.3, 0.4) is 0 Å². The number of anilines is 2. The van der Waals surface area contributed by atoms with E-state index in [1.807, 2.05) is 0 Å². The fourth-order valence-corrected chi connectivity index (χ4v) is 2.39. The van der Waals surface area contributed by atoms with Crippen LogP contribution in [-0.4, -0.2) is 20.0 Å². The van der Waals surface area contributed by atoms with Gasteiger partial charge < -0.3 is 10.2 Å². The molecule has 0 fully saturated rings. The smallest absolute Gasteiger partial charge is 0.378 e. The molecule has 2 aromatic carbocycles. The summed E-state index contributed by atoms with van der Waals surface area (Å²) in [6.45, 7) is 0. The Bertz CT molecular complexity index is 776. The van der Waals surface area contributed by atoms with Gasteiger partial charge in [0.2, 0.25) is 0 Å². The Morgan fingerprint density at radius 3 is 2.33 bits per heavy atom. The molecule has 0 aliphatic heterocycles. The molecule has 2 rings (SSSR count). The molecule has 0 aliphatic carbocycles. The summed E-state index contributed by atoms with van der Waals surface area (Å²) < 4.78 is 39.8. The van der Waals surface area contributed by atoms with Crippen LogP contribution in [0.25, 0.3) is 0 Å². The highest BCUT2D eigenvalue weighted by Crippen LogP contribution is 2.37. The molecule has 0 heterocycles. The first-order chi connectivity index (χ1) is 11.1. The average molecular weight is 377 g/mol. The van der Waals surface area contributed by atoms with Gasteiger partial charge in [0, 0.05) is 24.8 Å². The van der Waals surface area contributed by atoms with E-state index in [1.165, 1.54) is 35.2 Å². The highest BCUT2D eigenvalue weighted by Gasteiger charge is 2.34. The van der Waals surface area contributed by atoms with Gasteiger partial charge >= 0.3 is 6.18 Å². The first kappa shape index (κ1) is 18.4. The second-order valence-corrected chi connectivity index (χ2v) is 6.04. The van der Waals surface area contributed by atoms with Gasteiger partial charge in [0.05, 0.1) is 21.8 Å². The van der Waals surface area contributed by atoms with Gasteiger partial charge in [-0.15, -0.1) is 0 Å². The van der Waals surface area contributed by atoms with Crippen LogP contribution in [0, 0.1) is 0 Å². The zero-order valence-corrected chi connectivity index (χ0v) is 14.2. The summed E-state index contributed by atoms with van der Waals surface area (Å²) in [7, 11) is 3.25. The predicted molar refractivity (Wildman–Crippen MR) is 90.2 cm³/mol. The first-order valence-corrected chi connectivity index (χ1v) is 7.50. The molecule has 0 radical (unpaired) electrons. The van der Waals surface area contributed by atoms with Crippen molar-refractivity contribution >= 4 is 40.5 Å². The van der Waals surface area contributed by atoms with Gasteiger partial charge in [0.25, 0.3) is 5.91 Å². The topological polar surface area (TPSA) is 32.3 Å². The maximum atomic E-state index is 13.3. The van der Waals surface area contributed by atoms with Crippen molar-refractivity contribution in [2.24, 2.45) is 0 Å². The lowest BCUT2D eigenvalue weighted by molar-refractivity contribution is -0.136. The second kappa shape index (κ2) is 6.91. The number of hydrogen-bond donors (Lipinski definition) is 1. The van der Waals surface area contributed by atoms with Gasteiger partial charge in [-0.3, -0.25) is 4.79 Å². The highest BCUT2D eigenvalue weighted by atomic mass is 35.5. The molecule has 0 saturated carbocycles. The van der Waals surface area contributed by atoms with Gasteiger partial charge in [0.1, 0.15) is 0 Å². The number of rotatable bonds is 3. The Morgan fingerprint density at radius 1 is 1.08 bits per heavy atom. The predicted octanol–water partition coefficient (Wildman–Crippen LogP) is 5.33. The van der Waals surface area contributed by atoms with Crippen molar-refractivity contribution in [3.63, 3.8) is 0 Å². The molecule has 128 valence electrons. The SMILES string of the molecule is CN(C)c1ccc(NC(=O)c2cc(Cl)ccc2Cl)c(C(F)(F)F)c1. The van der Waals surface area contributed by atoms with Crippen molar-refractivity contribution in [3.05, 3.63) is 57.6 Å². The van der Waals surface area contributed by atoms with E-state index in [0.29, 0.717) is 5.69 Å². The summed E-state index contributed by atoms with van der Waals surface area (Å²) in [5.74, 6) is -0.773. The third kappa shape index (κ3) is 4.13. The molecule has 2 aromatic rings. The quantitative estimate of drug-likeness (QED) is 0.784. The fraction of sp³-hybridized carbons (Fsp3) is 0.188. The van der Waals surface area contributed by atoms with Crippen LogP contribution in [0.1, 0.15) is 15.9 Å². The van der Waals surface area contributed by atoms with Gasteiger partial charge in [-0.25, -0.2) is 0 Å². The standard InChI is InChI=1S/C16H13Cl2F3N2O/c1-23(2)10-4-6-14(12(8-10)16(19,20)21)22-15(24)11-7-9(17)3-5-13(11)18/h3-8H,1-2H3,(H,22,24). The van der Waals surface area contributed by atoms with E-state index in [0.717, 1.165) is 6.07 Å². The van der Waals surface area contributed by atoms with Crippen LogP contribution in [0.2, 0.25) is 10.0 Å². The lowest BCUT2D eigenvalue weighted by atomic mass is 10.1. The van der Waals surface area contributed by atoms with Crippen LogP contribution in [0.4, 0.5) is 24.5 Å². The van der Waals surface area contributed by atoms with Crippen molar-refractivity contribution in [2.45, 2.75) is 6.18 Å². The summed E-state index contributed by atoms with van der Waals surface area (Å²) in [5.41, 5.74) is -0.940. The van der Waals surface area contributed by atoms with Crippen molar-refractivity contribution in [1.82, 2.24) is 0 Å². The van der Waals surface area contributed by atoms with Crippen molar-refractivity contribution in [1.29, 1.82) is 0 Å². The Hall–Kier alpha value is -1.92. The lowest BCUT2D eigenvalue weighted by Crippen LogP contribution is -2.18. The maximum absolute atomic E-state index is 13.3. The van der Waals surface area contributed by atoms with Gasteiger partial charge in [-0.2, -0.15) is 13.2 Å². The van der Waals surface area contributed by atoms with Crippen LogP contribution < -0.4 is 10.2 Å². The third-order valence-corrected chi connectivity index (χ3v) is 3.81. The molecule has 1 amide bonds. The molecule has 1 N–H and O–H groups in total. The van der Waals surface area contributed by atoms with E-state index < -0.39 is 17.6 Å². The largest absolute Gasteiger partial charge is 0.418 e. The summed E-state index contributed by atoms with van der Waals surface area (Å²) in [6.07, 6.45) is -4.62. The summed E-state index contributed by atoms with van der Waals surface area (Å²) in [4.78, 5) is 13.8. The van der Waals surface area contributed by atoms with Crippen molar-refractivity contribution in [2.75, 3.05) is 24.3 Å².